The number of nitrogens with zero attached hydrogens (tertiary/aromatic N) is 2. The molecule has 1 aliphatic rings. The van der Waals surface area contributed by atoms with Gasteiger partial charge in [-0.3, -0.25) is 4.79 Å². The molecular formula is C18H21F2N3OS. The molecule has 1 fully saturated rings. The Balaban J connectivity index is 1.89. The third kappa shape index (κ3) is 3.71. The molecule has 0 spiro atoms. The number of likely N-dealkylation sites (tertiary alicyclic amines) is 1. The first kappa shape index (κ1) is 17.9. The number of aromatic nitrogens is 2. The summed E-state index contributed by atoms with van der Waals surface area (Å²) in [6.45, 7) is 2.59. The quantitative estimate of drug-likeness (QED) is 0.885. The molecule has 2 aromatic rings. The number of carbonyl (C=O) groups is 1. The number of piperidine rings is 1. The summed E-state index contributed by atoms with van der Waals surface area (Å²) in [4.78, 5) is 21.9. The van der Waals surface area contributed by atoms with Gasteiger partial charge in [0.25, 0.3) is 0 Å². The molecule has 0 radical (unpaired) electrons. The lowest BCUT2D eigenvalue weighted by Crippen LogP contribution is -2.42. The van der Waals surface area contributed by atoms with Crippen molar-refractivity contribution in [3.63, 3.8) is 0 Å². The van der Waals surface area contributed by atoms with Gasteiger partial charge in [-0.05, 0) is 50.6 Å². The van der Waals surface area contributed by atoms with Gasteiger partial charge in [0.15, 0.2) is 0 Å². The minimum atomic E-state index is -0.510. The predicted molar refractivity (Wildman–Crippen MR) is 95.2 cm³/mol. The summed E-state index contributed by atoms with van der Waals surface area (Å²) in [5.41, 5.74) is 0.563. The van der Waals surface area contributed by atoms with Crippen molar-refractivity contribution in [1.29, 1.82) is 0 Å². The van der Waals surface area contributed by atoms with Gasteiger partial charge in [0, 0.05) is 12.1 Å². The smallest absolute Gasteiger partial charge is 0.236 e. The van der Waals surface area contributed by atoms with Crippen LogP contribution >= 0.6 is 11.8 Å². The molecule has 0 bridgehead atoms. The van der Waals surface area contributed by atoms with Crippen LogP contribution in [0, 0.1) is 11.6 Å². The van der Waals surface area contributed by atoms with Gasteiger partial charge < -0.3 is 9.88 Å². The Morgan fingerprint density at radius 3 is 2.96 bits per heavy atom. The number of rotatable bonds is 4. The highest BCUT2D eigenvalue weighted by atomic mass is 32.2. The fourth-order valence-corrected chi connectivity index (χ4v) is 3.50. The minimum absolute atomic E-state index is 0.0899. The fourth-order valence-electron chi connectivity index (χ4n) is 3.16. The molecule has 1 aromatic heterocycles. The average molecular weight is 365 g/mol. The highest BCUT2D eigenvalue weighted by Gasteiger charge is 2.32. The zero-order valence-corrected chi connectivity index (χ0v) is 15.1. The Labute approximate surface area is 150 Å². The highest BCUT2D eigenvalue weighted by molar-refractivity contribution is 7.99. The van der Waals surface area contributed by atoms with Crippen LogP contribution < -0.4 is 0 Å². The lowest BCUT2D eigenvalue weighted by molar-refractivity contribution is -0.134. The molecule has 4 nitrogen and oxygen atoms in total. The van der Waals surface area contributed by atoms with Crippen molar-refractivity contribution in [2.75, 3.05) is 12.8 Å². The van der Waals surface area contributed by atoms with E-state index in [0.29, 0.717) is 18.1 Å². The number of imidazole rings is 1. The summed E-state index contributed by atoms with van der Waals surface area (Å²) in [6, 6.07) is 3.18. The zero-order chi connectivity index (χ0) is 18.0. The SMILES string of the molecule is CSC(C)C(=O)N1CCCCC1c1ncc(-c2cc(F)ccc2F)[nH]1. The second-order valence-electron chi connectivity index (χ2n) is 6.23. The number of aromatic amines is 1. The molecule has 1 saturated heterocycles. The van der Waals surface area contributed by atoms with Crippen LogP contribution in [0.4, 0.5) is 8.78 Å². The van der Waals surface area contributed by atoms with E-state index in [0.717, 1.165) is 37.5 Å². The molecule has 7 heteroatoms. The molecule has 0 aliphatic carbocycles. The molecule has 134 valence electrons. The molecule has 2 heterocycles. The van der Waals surface area contributed by atoms with Crippen molar-refractivity contribution in [3.05, 3.63) is 41.9 Å². The monoisotopic (exact) mass is 365 g/mol. The topological polar surface area (TPSA) is 49.0 Å². The molecular weight excluding hydrogens is 344 g/mol. The van der Waals surface area contributed by atoms with Crippen LogP contribution in [0.3, 0.4) is 0 Å². The maximum absolute atomic E-state index is 14.0. The number of amides is 1. The first-order valence-electron chi connectivity index (χ1n) is 8.35. The number of H-pyrrole nitrogens is 1. The molecule has 2 unspecified atom stereocenters. The maximum atomic E-state index is 14.0. The molecule has 1 aromatic carbocycles. The van der Waals surface area contributed by atoms with Gasteiger partial charge in [-0.2, -0.15) is 11.8 Å². The van der Waals surface area contributed by atoms with E-state index < -0.39 is 11.6 Å². The standard InChI is InChI=1S/C18H21F2N3OS/c1-11(25-2)18(24)23-8-4-3-5-16(23)17-21-10-15(22-17)13-9-12(19)6-7-14(13)20/h6-7,9-11,16H,3-5,8H2,1-2H3,(H,21,22). The molecule has 25 heavy (non-hydrogen) atoms. The first-order chi connectivity index (χ1) is 12.0. The van der Waals surface area contributed by atoms with E-state index in [1.807, 2.05) is 18.1 Å². The van der Waals surface area contributed by atoms with E-state index in [-0.39, 0.29) is 22.8 Å². The zero-order valence-electron chi connectivity index (χ0n) is 14.3. The van der Waals surface area contributed by atoms with Gasteiger partial charge in [-0.15, -0.1) is 0 Å². The Bertz CT molecular complexity index is 765. The number of halogens is 2. The van der Waals surface area contributed by atoms with Crippen LogP contribution in [-0.2, 0) is 4.79 Å². The Kier molecular flexibility index (Phi) is 5.42. The summed E-state index contributed by atoms with van der Waals surface area (Å²) in [7, 11) is 0. The van der Waals surface area contributed by atoms with Crippen molar-refractivity contribution in [2.45, 2.75) is 37.5 Å². The van der Waals surface area contributed by atoms with Crippen molar-refractivity contribution in [3.8, 4) is 11.3 Å². The Hall–Kier alpha value is -1.89. The van der Waals surface area contributed by atoms with Crippen LogP contribution in [0.2, 0.25) is 0 Å². The average Bonchev–Trinajstić information content (AvgIpc) is 3.12. The summed E-state index contributed by atoms with van der Waals surface area (Å²) in [5, 5.41) is -0.115. The lowest BCUT2D eigenvalue weighted by atomic mass is 10.0. The van der Waals surface area contributed by atoms with E-state index in [1.165, 1.54) is 18.0 Å². The summed E-state index contributed by atoms with van der Waals surface area (Å²) in [5.74, 6) is -0.299. The minimum Gasteiger partial charge on any atom is -0.340 e. The van der Waals surface area contributed by atoms with Crippen molar-refractivity contribution in [1.82, 2.24) is 14.9 Å². The number of hydrogen-bond acceptors (Lipinski definition) is 3. The third-order valence-electron chi connectivity index (χ3n) is 4.62. The van der Waals surface area contributed by atoms with Crippen molar-refractivity contribution >= 4 is 17.7 Å². The molecule has 1 aliphatic heterocycles. The maximum Gasteiger partial charge on any atom is 0.236 e. The molecule has 2 atom stereocenters. The van der Waals surface area contributed by atoms with Crippen LogP contribution in [0.25, 0.3) is 11.3 Å². The fraction of sp³-hybridized carbons (Fsp3) is 0.444. The van der Waals surface area contributed by atoms with Crippen LogP contribution in [0.15, 0.2) is 24.4 Å². The van der Waals surface area contributed by atoms with E-state index in [2.05, 4.69) is 9.97 Å². The van der Waals surface area contributed by atoms with E-state index in [1.54, 1.807) is 0 Å². The van der Waals surface area contributed by atoms with Crippen molar-refractivity contribution in [2.24, 2.45) is 0 Å². The summed E-state index contributed by atoms with van der Waals surface area (Å²) < 4.78 is 27.4. The third-order valence-corrected chi connectivity index (χ3v) is 5.53. The number of benzene rings is 1. The number of thioether (sulfide) groups is 1. The van der Waals surface area contributed by atoms with Gasteiger partial charge >= 0.3 is 0 Å². The molecule has 1 amide bonds. The van der Waals surface area contributed by atoms with Crippen LogP contribution in [0.5, 0.6) is 0 Å². The van der Waals surface area contributed by atoms with Crippen LogP contribution in [0.1, 0.15) is 38.1 Å². The van der Waals surface area contributed by atoms with Gasteiger partial charge in [0.2, 0.25) is 5.91 Å². The Morgan fingerprint density at radius 1 is 1.40 bits per heavy atom. The van der Waals surface area contributed by atoms with E-state index in [9.17, 15) is 13.6 Å². The Morgan fingerprint density at radius 2 is 2.20 bits per heavy atom. The van der Waals surface area contributed by atoms with E-state index >= 15 is 0 Å². The number of carbonyl (C=O) groups excluding carboxylic acids is 1. The first-order valence-corrected chi connectivity index (χ1v) is 9.63. The van der Waals surface area contributed by atoms with Gasteiger partial charge in [-0.25, -0.2) is 13.8 Å². The molecule has 1 N–H and O–H groups in total. The molecule has 0 saturated carbocycles. The second-order valence-corrected chi connectivity index (χ2v) is 7.41. The number of hydrogen-bond donors (Lipinski definition) is 1. The second kappa shape index (κ2) is 7.56. The predicted octanol–water partition coefficient (Wildman–Crippen LogP) is 4.16. The normalized spacial score (nSPS) is 19.0. The van der Waals surface area contributed by atoms with Gasteiger partial charge in [-0.1, -0.05) is 0 Å². The van der Waals surface area contributed by atoms with Gasteiger partial charge in [0.1, 0.15) is 17.5 Å². The number of nitrogens with one attached hydrogen (secondary N) is 1. The summed E-state index contributed by atoms with van der Waals surface area (Å²) in [6.07, 6.45) is 6.20. The summed E-state index contributed by atoms with van der Waals surface area (Å²) >= 11 is 1.52. The van der Waals surface area contributed by atoms with E-state index in [4.69, 9.17) is 0 Å². The lowest BCUT2D eigenvalue weighted by Gasteiger charge is -2.36. The van der Waals surface area contributed by atoms with Crippen molar-refractivity contribution < 1.29 is 13.6 Å². The van der Waals surface area contributed by atoms with Crippen LogP contribution in [-0.4, -0.2) is 38.8 Å². The largest absolute Gasteiger partial charge is 0.340 e. The molecule has 3 rings (SSSR count). The van der Waals surface area contributed by atoms with Gasteiger partial charge in [0.05, 0.1) is 23.2 Å². The highest BCUT2D eigenvalue weighted by Crippen LogP contribution is 2.32.